The first-order valence-corrected chi connectivity index (χ1v) is 7.01. The molecule has 8 heteroatoms. The number of alkyl halides is 3. The van der Waals surface area contributed by atoms with Gasteiger partial charge in [-0.2, -0.15) is 13.2 Å². The summed E-state index contributed by atoms with van der Waals surface area (Å²) >= 11 is 0. The molecule has 0 unspecified atom stereocenters. The lowest BCUT2D eigenvalue weighted by molar-refractivity contribution is -0.137. The van der Waals surface area contributed by atoms with E-state index in [0.29, 0.717) is 19.5 Å². The monoisotopic (exact) mass is 326 g/mol. The molecule has 0 fully saturated rings. The molecule has 0 aliphatic carbocycles. The minimum Gasteiger partial charge on any atom is -0.368 e. The Hall–Kier alpha value is -2.22. The van der Waals surface area contributed by atoms with Crippen LogP contribution >= 0.6 is 0 Å². The Labute approximate surface area is 130 Å². The second kappa shape index (κ2) is 5.77. The van der Waals surface area contributed by atoms with Crippen LogP contribution in [0, 0.1) is 5.82 Å². The molecule has 2 heterocycles. The minimum atomic E-state index is -4.48. The van der Waals surface area contributed by atoms with Crippen molar-refractivity contribution < 1.29 is 17.6 Å². The highest BCUT2D eigenvalue weighted by Gasteiger charge is 2.31. The molecule has 1 aliphatic heterocycles. The lowest BCUT2D eigenvalue weighted by Crippen LogP contribution is -2.31. The number of aromatic nitrogens is 2. The normalized spacial score (nSPS) is 15.5. The largest absolute Gasteiger partial charge is 0.416 e. The van der Waals surface area contributed by atoms with Gasteiger partial charge in [-0.15, -0.1) is 0 Å². The molecule has 23 heavy (non-hydrogen) atoms. The smallest absolute Gasteiger partial charge is 0.368 e. The van der Waals surface area contributed by atoms with Gasteiger partial charge in [0.2, 0.25) is 5.95 Å². The Kier molecular flexibility index (Phi) is 3.93. The van der Waals surface area contributed by atoms with E-state index in [4.69, 9.17) is 5.73 Å². The molecular formula is C15H14F4N4. The van der Waals surface area contributed by atoms with Crippen LogP contribution in [0.2, 0.25) is 0 Å². The van der Waals surface area contributed by atoms with Gasteiger partial charge in [0.15, 0.2) is 0 Å². The first-order valence-electron chi connectivity index (χ1n) is 7.01. The van der Waals surface area contributed by atoms with Crippen LogP contribution in [0.4, 0.5) is 23.5 Å². The number of nitrogens with two attached hydrogens (primary N) is 1. The summed E-state index contributed by atoms with van der Waals surface area (Å²) in [5.41, 5.74) is 6.40. The molecule has 0 saturated heterocycles. The van der Waals surface area contributed by atoms with Crippen LogP contribution in [-0.2, 0) is 25.7 Å². The van der Waals surface area contributed by atoms with E-state index < -0.39 is 17.6 Å². The van der Waals surface area contributed by atoms with Crippen molar-refractivity contribution in [2.24, 2.45) is 0 Å². The molecule has 1 aliphatic rings. The van der Waals surface area contributed by atoms with Crippen LogP contribution < -0.4 is 5.73 Å². The van der Waals surface area contributed by atoms with Gasteiger partial charge in [-0.25, -0.2) is 14.4 Å². The molecule has 1 aromatic heterocycles. The summed E-state index contributed by atoms with van der Waals surface area (Å²) in [5.74, 6) is -0.446. The number of benzene rings is 1. The van der Waals surface area contributed by atoms with E-state index in [0.717, 1.165) is 29.5 Å². The number of halogens is 4. The molecule has 0 saturated carbocycles. The second-order valence-corrected chi connectivity index (χ2v) is 5.46. The molecule has 1 aromatic carbocycles. The van der Waals surface area contributed by atoms with Crippen molar-refractivity contribution in [3.63, 3.8) is 0 Å². The topological polar surface area (TPSA) is 55.0 Å². The number of rotatable bonds is 2. The maximum atomic E-state index is 13.8. The molecule has 122 valence electrons. The maximum Gasteiger partial charge on any atom is 0.416 e. The highest BCUT2D eigenvalue weighted by Crippen LogP contribution is 2.31. The molecule has 0 atom stereocenters. The fraction of sp³-hybridized carbons (Fsp3) is 0.333. The van der Waals surface area contributed by atoms with Crippen molar-refractivity contribution in [3.8, 4) is 0 Å². The standard InChI is InChI=1S/C15H14F4N4/c16-12-2-1-11(15(17,18)19)5-9(12)7-23-4-3-13-10(8-23)6-21-14(20)22-13/h1-2,5-6H,3-4,7-8H2,(H2,20,21,22). The number of nitrogens with zero attached hydrogens (tertiary/aromatic N) is 3. The number of anilines is 1. The molecule has 0 radical (unpaired) electrons. The van der Waals surface area contributed by atoms with Gasteiger partial charge in [0.25, 0.3) is 0 Å². The number of nitrogen functional groups attached to an aromatic ring is 1. The van der Waals surface area contributed by atoms with Crippen LogP contribution in [0.15, 0.2) is 24.4 Å². The highest BCUT2D eigenvalue weighted by molar-refractivity contribution is 5.29. The Morgan fingerprint density at radius 3 is 2.78 bits per heavy atom. The van der Waals surface area contributed by atoms with E-state index in [-0.39, 0.29) is 18.1 Å². The van der Waals surface area contributed by atoms with Crippen molar-refractivity contribution >= 4 is 5.95 Å². The maximum absolute atomic E-state index is 13.8. The van der Waals surface area contributed by atoms with E-state index in [2.05, 4.69) is 9.97 Å². The quantitative estimate of drug-likeness (QED) is 0.862. The summed E-state index contributed by atoms with van der Waals surface area (Å²) < 4.78 is 52.1. The molecule has 2 aromatic rings. The summed E-state index contributed by atoms with van der Waals surface area (Å²) in [7, 11) is 0. The van der Waals surface area contributed by atoms with Gasteiger partial charge in [-0.05, 0) is 18.2 Å². The molecule has 2 N–H and O–H groups in total. The number of hydrogen-bond donors (Lipinski definition) is 1. The van der Waals surface area contributed by atoms with Crippen molar-refractivity contribution in [1.29, 1.82) is 0 Å². The van der Waals surface area contributed by atoms with Gasteiger partial charge in [0.1, 0.15) is 5.82 Å². The van der Waals surface area contributed by atoms with Crippen molar-refractivity contribution in [2.75, 3.05) is 12.3 Å². The van der Waals surface area contributed by atoms with Gasteiger partial charge in [-0.1, -0.05) is 0 Å². The van der Waals surface area contributed by atoms with E-state index in [1.807, 2.05) is 4.90 Å². The molecule has 0 amide bonds. The number of fused-ring (bicyclic) bond motifs is 1. The van der Waals surface area contributed by atoms with Gasteiger partial charge >= 0.3 is 6.18 Å². The van der Waals surface area contributed by atoms with Gasteiger partial charge in [-0.3, -0.25) is 4.90 Å². The lowest BCUT2D eigenvalue weighted by Gasteiger charge is -2.28. The Morgan fingerprint density at radius 1 is 1.26 bits per heavy atom. The van der Waals surface area contributed by atoms with Gasteiger partial charge in [0.05, 0.1) is 11.3 Å². The third-order valence-electron chi connectivity index (χ3n) is 3.80. The summed E-state index contributed by atoms with van der Waals surface area (Å²) in [6.45, 7) is 1.12. The third kappa shape index (κ3) is 3.42. The van der Waals surface area contributed by atoms with Gasteiger partial charge in [0, 0.05) is 43.4 Å². The first-order chi connectivity index (χ1) is 10.8. The first kappa shape index (κ1) is 15.7. The van der Waals surface area contributed by atoms with Crippen LogP contribution in [0.25, 0.3) is 0 Å². The fourth-order valence-electron chi connectivity index (χ4n) is 2.64. The van der Waals surface area contributed by atoms with E-state index in [1.165, 1.54) is 0 Å². The summed E-state index contributed by atoms with van der Waals surface area (Å²) in [6, 6.07) is 2.48. The van der Waals surface area contributed by atoms with Crippen molar-refractivity contribution in [3.05, 3.63) is 52.6 Å². The zero-order valence-electron chi connectivity index (χ0n) is 12.1. The summed E-state index contributed by atoms with van der Waals surface area (Å²) in [5, 5.41) is 0. The molecule has 0 spiro atoms. The SMILES string of the molecule is Nc1ncc2c(n1)CCN(Cc1cc(C(F)(F)F)ccc1F)C2. The highest BCUT2D eigenvalue weighted by atomic mass is 19.4. The molecule has 3 rings (SSSR count). The minimum absolute atomic E-state index is 0.0274. The van der Waals surface area contributed by atoms with E-state index in [9.17, 15) is 17.6 Å². The number of hydrogen-bond acceptors (Lipinski definition) is 4. The molecular weight excluding hydrogens is 312 g/mol. The fourth-order valence-corrected chi connectivity index (χ4v) is 2.64. The summed E-state index contributed by atoms with van der Waals surface area (Å²) in [4.78, 5) is 9.91. The predicted octanol–water partition coefficient (Wildman–Crippen LogP) is 2.78. The van der Waals surface area contributed by atoms with Gasteiger partial charge < -0.3 is 5.73 Å². The third-order valence-corrected chi connectivity index (χ3v) is 3.80. The van der Waals surface area contributed by atoms with Crippen LogP contribution in [0.1, 0.15) is 22.4 Å². The average molecular weight is 326 g/mol. The van der Waals surface area contributed by atoms with Crippen LogP contribution in [0.5, 0.6) is 0 Å². The molecule has 4 nitrogen and oxygen atoms in total. The lowest BCUT2D eigenvalue weighted by atomic mass is 10.0. The Morgan fingerprint density at radius 2 is 2.04 bits per heavy atom. The Balaban J connectivity index is 1.79. The van der Waals surface area contributed by atoms with Crippen LogP contribution in [-0.4, -0.2) is 21.4 Å². The van der Waals surface area contributed by atoms with E-state index in [1.54, 1.807) is 6.20 Å². The average Bonchev–Trinajstić information content (AvgIpc) is 2.48. The summed E-state index contributed by atoms with van der Waals surface area (Å²) in [6.07, 6.45) is -2.28. The van der Waals surface area contributed by atoms with E-state index >= 15 is 0 Å². The van der Waals surface area contributed by atoms with Crippen molar-refractivity contribution in [1.82, 2.24) is 14.9 Å². The second-order valence-electron chi connectivity index (χ2n) is 5.46. The Bertz CT molecular complexity index is 730. The zero-order chi connectivity index (χ0) is 16.6. The molecule has 0 bridgehead atoms. The predicted molar refractivity (Wildman–Crippen MR) is 75.7 cm³/mol. The van der Waals surface area contributed by atoms with Crippen LogP contribution in [0.3, 0.4) is 0 Å². The van der Waals surface area contributed by atoms with Crippen molar-refractivity contribution in [2.45, 2.75) is 25.7 Å². The zero-order valence-corrected chi connectivity index (χ0v) is 12.1.